The minimum atomic E-state index is -0.168. The van der Waals surface area contributed by atoms with Gasteiger partial charge < -0.3 is 10.1 Å². The lowest BCUT2D eigenvalue weighted by atomic mass is 10.2. The molecule has 17 heavy (non-hydrogen) atoms. The molecule has 1 rings (SSSR count). The van der Waals surface area contributed by atoms with E-state index in [2.05, 4.69) is 21.2 Å². The van der Waals surface area contributed by atoms with E-state index in [0.29, 0.717) is 6.61 Å². The van der Waals surface area contributed by atoms with Gasteiger partial charge in [-0.1, -0.05) is 28.9 Å². The molecular formula is C13H18BrNO2. The van der Waals surface area contributed by atoms with E-state index >= 15 is 0 Å². The zero-order valence-corrected chi connectivity index (χ0v) is 12.0. The first-order valence-corrected chi connectivity index (χ1v) is 6.68. The number of carbonyl (C=O) groups excluding carboxylic acids is 1. The van der Waals surface area contributed by atoms with Gasteiger partial charge in [-0.3, -0.25) is 4.79 Å². The molecule has 1 aromatic rings. The van der Waals surface area contributed by atoms with Crippen molar-refractivity contribution in [1.82, 2.24) is 0 Å². The fourth-order valence-electron chi connectivity index (χ4n) is 1.40. The van der Waals surface area contributed by atoms with Crippen LogP contribution in [0.2, 0.25) is 0 Å². The first kappa shape index (κ1) is 14.0. The van der Waals surface area contributed by atoms with Crippen LogP contribution in [-0.2, 0) is 4.79 Å². The molecular weight excluding hydrogens is 282 g/mol. The molecule has 3 nitrogen and oxygen atoms in total. The Morgan fingerprint density at radius 2 is 2.18 bits per heavy atom. The normalized spacial score (nSPS) is 12.0. The molecule has 4 heteroatoms. The van der Waals surface area contributed by atoms with E-state index in [4.69, 9.17) is 4.74 Å². The zero-order chi connectivity index (χ0) is 12.8. The maximum absolute atomic E-state index is 11.8. The van der Waals surface area contributed by atoms with Gasteiger partial charge in [0.1, 0.15) is 5.75 Å². The lowest BCUT2D eigenvalue weighted by Crippen LogP contribution is -2.22. The van der Waals surface area contributed by atoms with Crippen LogP contribution in [0.15, 0.2) is 18.2 Å². The van der Waals surface area contributed by atoms with E-state index in [1.807, 2.05) is 39.0 Å². The van der Waals surface area contributed by atoms with Crippen LogP contribution < -0.4 is 10.1 Å². The number of rotatable bonds is 5. The van der Waals surface area contributed by atoms with Gasteiger partial charge in [0, 0.05) is 0 Å². The summed E-state index contributed by atoms with van der Waals surface area (Å²) in [6, 6.07) is 5.75. The van der Waals surface area contributed by atoms with Gasteiger partial charge >= 0.3 is 0 Å². The smallest absolute Gasteiger partial charge is 0.238 e. The van der Waals surface area contributed by atoms with E-state index in [1.165, 1.54) is 0 Å². The lowest BCUT2D eigenvalue weighted by Gasteiger charge is -2.13. The van der Waals surface area contributed by atoms with Crippen molar-refractivity contribution in [2.24, 2.45) is 0 Å². The summed E-state index contributed by atoms with van der Waals surface area (Å²) in [6.07, 6.45) is 0.752. The van der Waals surface area contributed by atoms with Crippen molar-refractivity contribution in [3.63, 3.8) is 0 Å². The molecule has 0 aliphatic rings. The Balaban J connectivity index is 2.86. The summed E-state index contributed by atoms with van der Waals surface area (Å²) in [5.41, 5.74) is 1.83. The van der Waals surface area contributed by atoms with E-state index in [0.717, 1.165) is 23.4 Å². The SMILES string of the molecule is CCOc1cc(C)ccc1NC(=O)C(Br)CC. The standard InChI is InChI=1S/C13H18BrNO2/c1-4-10(14)13(16)15-11-7-6-9(3)8-12(11)17-5-2/h6-8,10H,4-5H2,1-3H3,(H,15,16). The van der Waals surface area contributed by atoms with Gasteiger partial charge in [0.05, 0.1) is 17.1 Å². The monoisotopic (exact) mass is 299 g/mol. The van der Waals surface area contributed by atoms with Crippen molar-refractivity contribution >= 4 is 27.5 Å². The van der Waals surface area contributed by atoms with Gasteiger partial charge in [-0.25, -0.2) is 0 Å². The third-order valence-electron chi connectivity index (χ3n) is 2.34. The van der Waals surface area contributed by atoms with Crippen molar-refractivity contribution in [2.75, 3.05) is 11.9 Å². The number of hydrogen-bond acceptors (Lipinski definition) is 2. The van der Waals surface area contributed by atoms with Crippen LogP contribution in [0.5, 0.6) is 5.75 Å². The second-order valence-corrected chi connectivity index (χ2v) is 4.90. The molecule has 0 saturated carbocycles. The van der Waals surface area contributed by atoms with Gasteiger partial charge in [-0.2, -0.15) is 0 Å². The van der Waals surface area contributed by atoms with E-state index in [1.54, 1.807) is 0 Å². The molecule has 1 unspecified atom stereocenters. The van der Waals surface area contributed by atoms with Crippen LogP contribution in [-0.4, -0.2) is 17.3 Å². The number of halogens is 1. The molecule has 94 valence electrons. The van der Waals surface area contributed by atoms with Crippen molar-refractivity contribution in [3.8, 4) is 5.75 Å². The van der Waals surface area contributed by atoms with Crippen molar-refractivity contribution in [2.45, 2.75) is 32.0 Å². The number of ether oxygens (including phenoxy) is 1. The fraction of sp³-hybridized carbons (Fsp3) is 0.462. The van der Waals surface area contributed by atoms with Crippen LogP contribution >= 0.6 is 15.9 Å². The van der Waals surface area contributed by atoms with Gasteiger partial charge in [-0.05, 0) is 38.0 Å². The second-order valence-electron chi connectivity index (χ2n) is 3.80. The molecule has 0 heterocycles. The number of amides is 1. The molecule has 0 fully saturated rings. The number of anilines is 1. The number of nitrogens with one attached hydrogen (secondary N) is 1. The summed E-state index contributed by atoms with van der Waals surface area (Å²) in [5.74, 6) is 0.675. The molecule has 0 bridgehead atoms. The summed E-state index contributed by atoms with van der Waals surface area (Å²) in [5, 5.41) is 2.86. The second kappa shape index (κ2) is 6.64. The van der Waals surface area contributed by atoms with Crippen LogP contribution in [0.4, 0.5) is 5.69 Å². The number of alkyl halides is 1. The third-order valence-corrected chi connectivity index (χ3v) is 3.40. The molecule has 0 saturated heterocycles. The Morgan fingerprint density at radius 3 is 2.76 bits per heavy atom. The van der Waals surface area contributed by atoms with Gasteiger partial charge in [-0.15, -0.1) is 0 Å². The minimum Gasteiger partial charge on any atom is -0.492 e. The van der Waals surface area contributed by atoms with Crippen LogP contribution in [0.1, 0.15) is 25.8 Å². The van der Waals surface area contributed by atoms with Crippen LogP contribution in [0.25, 0.3) is 0 Å². The maximum Gasteiger partial charge on any atom is 0.238 e. The summed E-state index contributed by atoms with van der Waals surface area (Å²) >= 11 is 3.32. The highest BCUT2D eigenvalue weighted by Gasteiger charge is 2.14. The molecule has 1 atom stereocenters. The molecule has 1 amide bonds. The molecule has 0 aromatic heterocycles. The Morgan fingerprint density at radius 1 is 1.47 bits per heavy atom. The van der Waals surface area contributed by atoms with E-state index in [-0.39, 0.29) is 10.7 Å². The highest BCUT2D eigenvalue weighted by atomic mass is 79.9. The van der Waals surface area contributed by atoms with Gasteiger partial charge in [0.15, 0.2) is 0 Å². The Kier molecular flexibility index (Phi) is 5.48. The largest absolute Gasteiger partial charge is 0.492 e. The minimum absolute atomic E-state index is 0.0442. The average molecular weight is 300 g/mol. The lowest BCUT2D eigenvalue weighted by molar-refractivity contribution is -0.115. The number of benzene rings is 1. The maximum atomic E-state index is 11.8. The number of hydrogen-bond donors (Lipinski definition) is 1. The Hall–Kier alpha value is -1.03. The quantitative estimate of drug-likeness (QED) is 0.845. The molecule has 1 aromatic carbocycles. The molecule has 1 N–H and O–H groups in total. The third kappa shape index (κ3) is 4.04. The molecule has 0 spiro atoms. The van der Waals surface area contributed by atoms with Gasteiger partial charge in [0.25, 0.3) is 0 Å². The predicted octanol–water partition coefficient (Wildman–Crippen LogP) is 3.51. The number of carbonyl (C=O) groups is 1. The Bertz CT molecular complexity index is 393. The summed E-state index contributed by atoms with van der Waals surface area (Å²) in [4.78, 5) is 11.6. The topological polar surface area (TPSA) is 38.3 Å². The predicted molar refractivity (Wildman–Crippen MR) is 74.0 cm³/mol. The summed E-state index contributed by atoms with van der Waals surface area (Å²) < 4.78 is 5.50. The highest BCUT2D eigenvalue weighted by Crippen LogP contribution is 2.26. The number of aryl methyl sites for hydroxylation is 1. The van der Waals surface area contributed by atoms with Crippen molar-refractivity contribution in [1.29, 1.82) is 0 Å². The summed E-state index contributed by atoms with van der Waals surface area (Å²) in [6.45, 7) is 6.45. The van der Waals surface area contributed by atoms with E-state index < -0.39 is 0 Å². The van der Waals surface area contributed by atoms with E-state index in [9.17, 15) is 4.79 Å². The van der Waals surface area contributed by atoms with Gasteiger partial charge in [0.2, 0.25) is 5.91 Å². The summed E-state index contributed by atoms with van der Waals surface area (Å²) in [7, 11) is 0. The van der Waals surface area contributed by atoms with Crippen molar-refractivity contribution < 1.29 is 9.53 Å². The van der Waals surface area contributed by atoms with Crippen molar-refractivity contribution in [3.05, 3.63) is 23.8 Å². The van der Waals surface area contributed by atoms with Crippen LogP contribution in [0.3, 0.4) is 0 Å². The molecule has 0 aliphatic heterocycles. The fourth-order valence-corrected chi connectivity index (χ4v) is 1.52. The molecule has 0 aliphatic carbocycles. The Labute approximate surface area is 111 Å². The zero-order valence-electron chi connectivity index (χ0n) is 10.4. The average Bonchev–Trinajstić information content (AvgIpc) is 2.31. The first-order valence-electron chi connectivity index (χ1n) is 5.76. The van der Waals surface area contributed by atoms with Crippen LogP contribution in [0, 0.1) is 6.92 Å². The first-order chi connectivity index (χ1) is 8.08. The highest BCUT2D eigenvalue weighted by molar-refractivity contribution is 9.10. The molecule has 0 radical (unpaired) electrons.